The van der Waals surface area contributed by atoms with Crippen molar-refractivity contribution in [1.29, 1.82) is 0 Å². The van der Waals surface area contributed by atoms with Crippen LogP contribution in [0.1, 0.15) is 27.7 Å². The van der Waals surface area contributed by atoms with Gasteiger partial charge in [-0.15, -0.1) is 0 Å². The number of hydrogen-bond acceptors (Lipinski definition) is 5. The van der Waals surface area contributed by atoms with Crippen molar-refractivity contribution in [3.63, 3.8) is 0 Å². The van der Waals surface area contributed by atoms with Crippen molar-refractivity contribution in [2.75, 3.05) is 18.8 Å². The summed E-state index contributed by atoms with van der Waals surface area (Å²) in [7, 11) is 0. The molecule has 3 aromatic rings. The Kier molecular flexibility index (Phi) is 5.38. The van der Waals surface area contributed by atoms with Crippen LogP contribution in [0.2, 0.25) is 0 Å². The Morgan fingerprint density at radius 3 is 2.93 bits per heavy atom. The third kappa shape index (κ3) is 3.91. The third-order valence-corrected chi connectivity index (χ3v) is 5.92. The van der Waals surface area contributed by atoms with E-state index in [4.69, 9.17) is 4.52 Å². The molecule has 28 heavy (non-hydrogen) atoms. The first-order chi connectivity index (χ1) is 13.6. The Morgan fingerprint density at radius 1 is 1.21 bits per heavy atom. The normalized spacial score (nSPS) is 17.4. The minimum absolute atomic E-state index is 0.197. The van der Waals surface area contributed by atoms with Gasteiger partial charge in [-0.05, 0) is 36.8 Å². The lowest BCUT2D eigenvalue weighted by atomic mass is 10.1. The van der Waals surface area contributed by atoms with E-state index in [9.17, 15) is 13.6 Å². The second-order valence-corrected chi connectivity index (χ2v) is 7.73. The molecule has 1 aromatic carbocycles. The van der Waals surface area contributed by atoms with E-state index in [-0.39, 0.29) is 16.9 Å². The number of carbonyl (C=O) groups is 1. The van der Waals surface area contributed by atoms with Gasteiger partial charge in [-0.2, -0.15) is 11.8 Å². The van der Waals surface area contributed by atoms with Gasteiger partial charge in [0, 0.05) is 53.7 Å². The highest BCUT2D eigenvalue weighted by Gasteiger charge is 2.26. The standard InChI is InChI=1S/C20H17F2N3O2S/c21-14-3-4-16(22)15(10-14)19-5-7-25(8-9-28-19)20(26)17-11-18(27-24-17)13-2-1-6-23-12-13/h1-4,6,10-12,19H,5,7-9H2. The summed E-state index contributed by atoms with van der Waals surface area (Å²) in [5.41, 5.74) is 1.31. The van der Waals surface area contributed by atoms with E-state index < -0.39 is 11.6 Å². The summed E-state index contributed by atoms with van der Waals surface area (Å²) in [6, 6.07) is 8.69. The van der Waals surface area contributed by atoms with Gasteiger partial charge in [0.15, 0.2) is 11.5 Å². The highest BCUT2D eigenvalue weighted by Crippen LogP contribution is 2.36. The average Bonchev–Trinajstić information content (AvgIpc) is 3.08. The summed E-state index contributed by atoms with van der Waals surface area (Å²) >= 11 is 1.53. The molecule has 1 atom stereocenters. The monoisotopic (exact) mass is 401 g/mol. The largest absolute Gasteiger partial charge is 0.355 e. The van der Waals surface area contributed by atoms with Gasteiger partial charge in [-0.1, -0.05) is 5.16 Å². The molecule has 144 valence electrons. The molecule has 0 aliphatic carbocycles. The zero-order valence-electron chi connectivity index (χ0n) is 14.8. The fourth-order valence-electron chi connectivity index (χ4n) is 3.17. The van der Waals surface area contributed by atoms with Gasteiger partial charge in [-0.3, -0.25) is 9.78 Å². The van der Waals surface area contributed by atoms with E-state index in [0.29, 0.717) is 36.6 Å². The molecule has 1 amide bonds. The molecule has 8 heteroatoms. The van der Waals surface area contributed by atoms with Gasteiger partial charge in [0.1, 0.15) is 11.6 Å². The summed E-state index contributed by atoms with van der Waals surface area (Å²) in [6.07, 6.45) is 3.82. The highest BCUT2D eigenvalue weighted by atomic mass is 32.2. The number of amides is 1. The van der Waals surface area contributed by atoms with Crippen molar-refractivity contribution in [2.45, 2.75) is 11.7 Å². The Bertz CT molecular complexity index is 981. The van der Waals surface area contributed by atoms with Gasteiger partial charge >= 0.3 is 0 Å². The van der Waals surface area contributed by atoms with Crippen LogP contribution in [0.4, 0.5) is 8.78 Å². The maximum absolute atomic E-state index is 14.1. The van der Waals surface area contributed by atoms with Crippen LogP contribution in [0.15, 0.2) is 53.3 Å². The molecule has 0 N–H and O–H groups in total. The average molecular weight is 401 g/mol. The Balaban J connectivity index is 1.46. The predicted molar refractivity (Wildman–Crippen MR) is 102 cm³/mol. The van der Waals surface area contributed by atoms with E-state index in [1.54, 1.807) is 29.4 Å². The summed E-state index contributed by atoms with van der Waals surface area (Å²) in [4.78, 5) is 18.5. The van der Waals surface area contributed by atoms with Crippen LogP contribution in [-0.2, 0) is 0 Å². The molecule has 1 aliphatic heterocycles. The second-order valence-electron chi connectivity index (χ2n) is 6.42. The van der Waals surface area contributed by atoms with Crippen LogP contribution >= 0.6 is 11.8 Å². The van der Waals surface area contributed by atoms with Gasteiger partial charge in [0.05, 0.1) is 0 Å². The minimum Gasteiger partial charge on any atom is -0.355 e. The number of thioether (sulfide) groups is 1. The van der Waals surface area contributed by atoms with Crippen LogP contribution < -0.4 is 0 Å². The zero-order chi connectivity index (χ0) is 19.5. The van der Waals surface area contributed by atoms with E-state index >= 15 is 0 Å². The topological polar surface area (TPSA) is 59.2 Å². The smallest absolute Gasteiger partial charge is 0.276 e. The number of hydrogen-bond donors (Lipinski definition) is 0. The van der Waals surface area contributed by atoms with Crippen LogP contribution in [0.25, 0.3) is 11.3 Å². The molecule has 1 unspecified atom stereocenters. The molecule has 0 radical (unpaired) electrons. The van der Waals surface area contributed by atoms with Crippen LogP contribution in [-0.4, -0.2) is 39.8 Å². The molecule has 2 aromatic heterocycles. The maximum atomic E-state index is 14.1. The fraction of sp³-hybridized carbons (Fsp3) is 0.250. The summed E-state index contributed by atoms with van der Waals surface area (Å²) in [6.45, 7) is 0.938. The number of carbonyl (C=O) groups excluding carboxylic acids is 1. The van der Waals surface area contributed by atoms with Gasteiger partial charge < -0.3 is 9.42 Å². The van der Waals surface area contributed by atoms with Crippen LogP contribution in [0.3, 0.4) is 0 Å². The van der Waals surface area contributed by atoms with Crippen molar-refractivity contribution in [2.24, 2.45) is 0 Å². The molecule has 0 bridgehead atoms. The lowest BCUT2D eigenvalue weighted by Gasteiger charge is -2.19. The molecule has 0 saturated carbocycles. The molecular weight excluding hydrogens is 384 g/mol. The van der Waals surface area contributed by atoms with Crippen molar-refractivity contribution in [1.82, 2.24) is 15.0 Å². The van der Waals surface area contributed by atoms with E-state index in [1.165, 1.54) is 17.8 Å². The first-order valence-corrected chi connectivity index (χ1v) is 9.89. The van der Waals surface area contributed by atoms with Crippen molar-refractivity contribution >= 4 is 17.7 Å². The van der Waals surface area contributed by atoms with Crippen LogP contribution in [0, 0.1) is 11.6 Å². The second kappa shape index (κ2) is 8.10. The van der Waals surface area contributed by atoms with E-state index in [2.05, 4.69) is 10.1 Å². The van der Waals surface area contributed by atoms with Crippen molar-refractivity contribution in [3.8, 4) is 11.3 Å². The lowest BCUT2D eigenvalue weighted by molar-refractivity contribution is 0.0756. The third-order valence-electron chi connectivity index (χ3n) is 4.61. The van der Waals surface area contributed by atoms with Gasteiger partial charge in [0.25, 0.3) is 5.91 Å². The van der Waals surface area contributed by atoms with Crippen LogP contribution in [0.5, 0.6) is 0 Å². The lowest BCUT2D eigenvalue weighted by Crippen LogP contribution is -2.33. The molecule has 0 spiro atoms. The SMILES string of the molecule is O=C(c1cc(-c2cccnc2)on1)N1CCSC(c2cc(F)ccc2F)CC1. The number of pyridine rings is 1. The Hall–Kier alpha value is -2.74. The number of halogens is 2. The first-order valence-electron chi connectivity index (χ1n) is 8.85. The number of benzene rings is 1. The number of rotatable bonds is 3. The summed E-state index contributed by atoms with van der Waals surface area (Å²) in [5.74, 6) is -0.0177. The zero-order valence-corrected chi connectivity index (χ0v) is 15.7. The molecule has 1 aliphatic rings. The highest BCUT2D eigenvalue weighted by molar-refractivity contribution is 7.99. The maximum Gasteiger partial charge on any atom is 0.276 e. The Labute approximate surface area is 164 Å². The number of aromatic nitrogens is 2. The molecule has 3 heterocycles. The van der Waals surface area contributed by atoms with Gasteiger partial charge in [0.2, 0.25) is 0 Å². The molecular formula is C20H17F2N3O2S. The molecule has 5 nitrogen and oxygen atoms in total. The molecule has 1 saturated heterocycles. The molecule has 4 rings (SSSR count). The summed E-state index contributed by atoms with van der Waals surface area (Å²) < 4.78 is 32.9. The van der Waals surface area contributed by atoms with Crippen molar-refractivity contribution < 1.29 is 18.1 Å². The van der Waals surface area contributed by atoms with E-state index in [1.807, 2.05) is 6.07 Å². The van der Waals surface area contributed by atoms with Crippen molar-refractivity contribution in [3.05, 3.63) is 71.7 Å². The molecule has 1 fully saturated rings. The quantitative estimate of drug-likeness (QED) is 0.654. The fourth-order valence-corrected chi connectivity index (χ4v) is 4.41. The number of nitrogens with zero attached hydrogens (tertiary/aromatic N) is 3. The Morgan fingerprint density at radius 2 is 2.11 bits per heavy atom. The predicted octanol–water partition coefficient (Wildman–Crippen LogP) is 4.34. The van der Waals surface area contributed by atoms with E-state index in [0.717, 1.165) is 17.7 Å². The van der Waals surface area contributed by atoms with Gasteiger partial charge in [-0.25, -0.2) is 8.78 Å². The minimum atomic E-state index is -0.459. The summed E-state index contributed by atoms with van der Waals surface area (Å²) in [5, 5.41) is 3.69. The first kappa shape index (κ1) is 18.6.